The van der Waals surface area contributed by atoms with Crippen LogP contribution in [0.25, 0.3) is 0 Å². The molecule has 2 aromatic rings. The van der Waals surface area contributed by atoms with Crippen LogP contribution in [0.3, 0.4) is 0 Å². The van der Waals surface area contributed by atoms with E-state index in [0.29, 0.717) is 0 Å². The molecule has 0 aliphatic heterocycles. The predicted molar refractivity (Wildman–Crippen MR) is 79.4 cm³/mol. The summed E-state index contributed by atoms with van der Waals surface area (Å²) in [6, 6.07) is 4.33. The van der Waals surface area contributed by atoms with E-state index >= 15 is 0 Å². The molecule has 2 rings (SSSR count). The summed E-state index contributed by atoms with van der Waals surface area (Å²) in [4.78, 5) is 8.88. The minimum atomic E-state index is 0.180. The van der Waals surface area contributed by atoms with Gasteiger partial charge in [0.15, 0.2) is 0 Å². The summed E-state index contributed by atoms with van der Waals surface area (Å²) >= 11 is 0. The number of rotatable bonds is 7. The quantitative estimate of drug-likeness (QED) is 0.841. The van der Waals surface area contributed by atoms with Crippen LogP contribution in [0.5, 0.6) is 0 Å². The summed E-state index contributed by atoms with van der Waals surface area (Å²) in [5.41, 5.74) is 2.30. The van der Waals surface area contributed by atoms with E-state index < -0.39 is 0 Å². The molecule has 2 aromatic heterocycles. The van der Waals surface area contributed by atoms with Crippen LogP contribution < -0.4 is 5.32 Å². The van der Waals surface area contributed by atoms with E-state index in [9.17, 15) is 0 Å². The highest BCUT2D eigenvalue weighted by Gasteiger charge is 2.16. The van der Waals surface area contributed by atoms with Gasteiger partial charge in [-0.2, -0.15) is 5.10 Å². The number of aromatic nitrogens is 4. The van der Waals surface area contributed by atoms with Gasteiger partial charge in [-0.05, 0) is 37.6 Å². The van der Waals surface area contributed by atoms with Gasteiger partial charge in [-0.25, -0.2) is 4.98 Å². The zero-order chi connectivity index (χ0) is 14.4. The summed E-state index contributed by atoms with van der Waals surface area (Å²) in [5, 5.41) is 7.78. The third kappa shape index (κ3) is 3.63. The normalized spacial score (nSPS) is 12.6. The standard InChI is InChI=1S/C15H23N5/c1-4-8-20-15(18-11-19-20)10-14(16-5-2)13-9-12(3)6-7-17-13/h6-7,9,11,14,16H,4-5,8,10H2,1-3H3. The summed E-state index contributed by atoms with van der Waals surface area (Å²) in [6.07, 6.45) is 5.37. The summed E-state index contributed by atoms with van der Waals surface area (Å²) in [7, 11) is 0. The van der Waals surface area contributed by atoms with Crippen molar-refractivity contribution in [2.75, 3.05) is 6.54 Å². The predicted octanol–water partition coefficient (Wildman–Crippen LogP) is 2.28. The van der Waals surface area contributed by atoms with Crippen molar-refractivity contribution in [2.45, 2.75) is 46.2 Å². The Morgan fingerprint density at radius 1 is 1.30 bits per heavy atom. The molecule has 0 fully saturated rings. The molecule has 0 aliphatic rings. The molecule has 2 heterocycles. The van der Waals surface area contributed by atoms with E-state index in [2.05, 4.69) is 47.2 Å². The highest BCUT2D eigenvalue weighted by atomic mass is 15.3. The zero-order valence-electron chi connectivity index (χ0n) is 12.5. The molecule has 5 nitrogen and oxygen atoms in total. The van der Waals surface area contributed by atoms with Crippen molar-refractivity contribution < 1.29 is 0 Å². The third-order valence-electron chi connectivity index (χ3n) is 3.26. The zero-order valence-corrected chi connectivity index (χ0v) is 12.5. The lowest BCUT2D eigenvalue weighted by atomic mass is 10.1. The second-order valence-corrected chi connectivity index (χ2v) is 4.97. The number of aryl methyl sites for hydroxylation is 2. The van der Waals surface area contributed by atoms with Crippen molar-refractivity contribution in [3.63, 3.8) is 0 Å². The maximum absolute atomic E-state index is 4.49. The number of nitrogens with zero attached hydrogens (tertiary/aromatic N) is 4. The number of pyridine rings is 1. The number of hydrogen-bond acceptors (Lipinski definition) is 4. The molecule has 0 bridgehead atoms. The minimum Gasteiger partial charge on any atom is -0.309 e. The van der Waals surface area contributed by atoms with Crippen molar-refractivity contribution in [2.24, 2.45) is 0 Å². The largest absolute Gasteiger partial charge is 0.309 e. The van der Waals surface area contributed by atoms with Crippen molar-refractivity contribution in [3.8, 4) is 0 Å². The van der Waals surface area contributed by atoms with Gasteiger partial charge in [0.25, 0.3) is 0 Å². The molecule has 0 aliphatic carbocycles. The van der Waals surface area contributed by atoms with Gasteiger partial charge in [0.05, 0.1) is 11.7 Å². The molecule has 0 amide bonds. The van der Waals surface area contributed by atoms with Crippen LogP contribution in [0.1, 0.15) is 43.4 Å². The lowest BCUT2D eigenvalue weighted by Crippen LogP contribution is -2.25. The molecular weight excluding hydrogens is 250 g/mol. The van der Waals surface area contributed by atoms with E-state index in [1.807, 2.05) is 16.9 Å². The van der Waals surface area contributed by atoms with Gasteiger partial charge < -0.3 is 5.32 Å². The van der Waals surface area contributed by atoms with Crippen molar-refractivity contribution >= 4 is 0 Å². The van der Waals surface area contributed by atoms with Crippen molar-refractivity contribution in [3.05, 3.63) is 41.7 Å². The maximum atomic E-state index is 4.49. The van der Waals surface area contributed by atoms with Crippen molar-refractivity contribution in [1.82, 2.24) is 25.1 Å². The molecule has 1 unspecified atom stereocenters. The van der Waals surface area contributed by atoms with Crippen LogP contribution in [0.4, 0.5) is 0 Å². The van der Waals surface area contributed by atoms with E-state index in [4.69, 9.17) is 0 Å². The minimum absolute atomic E-state index is 0.180. The first-order valence-corrected chi connectivity index (χ1v) is 7.27. The second-order valence-electron chi connectivity index (χ2n) is 4.97. The maximum Gasteiger partial charge on any atom is 0.138 e. The molecule has 20 heavy (non-hydrogen) atoms. The van der Waals surface area contributed by atoms with Crippen LogP contribution in [-0.4, -0.2) is 26.3 Å². The van der Waals surface area contributed by atoms with Crippen molar-refractivity contribution in [1.29, 1.82) is 0 Å². The molecule has 0 spiro atoms. The Kier molecular flexibility index (Phi) is 5.24. The molecule has 0 saturated heterocycles. The third-order valence-corrected chi connectivity index (χ3v) is 3.26. The molecule has 1 atom stereocenters. The topological polar surface area (TPSA) is 55.6 Å². The first-order chi connectivity index (χ1) is 9.74. The second kappa shape index (κ2) is 7.14. The fraction of sp³-hybridized carbons (Fsp3) is 0.533. The molecule has 108 valence electrons. The average molecular weight is 273 g/mol. The first-order valence-electron chi connectivity index (χ1n) is 7.27. The fourth-order valence-electron chi connectivity index (χ4n) is 2.31. The summed E-state index contributed by atoms with van der Waals surface area (Å²) in [5.74, 6) is 1.01. The van der Waals surface area contributed by atoms with Crippen LogP contribution >= 0.6 is 0 Å². The average Bonchev–Trinajstić information content (AvgIpc) is 2.86. The molecule has 1 N–H and O–H groups in total. The van der Waals surface area contributed by atoms with Gasteiger partial charge in [-0.15, -0.1) is 0 Å². The van der Waals surface area contributed by atoms with E-state index in [1.54, 1.807) is 6.33 Å². The smallest absolute Gasteiger partial charge is 0.138 e. The fourth-order valence-corrected chi connectivity index (χ4v) is 2.31. The highest BCUT2D eigenvalue weighted by molar-refractivity contribution is 5.18. The lowest BCUT2D eigenvalue weighted by Gasteiger charge is -2.17. The molecule has 0 saturated carbocycles. The van der Waals surface area contributed by atoms with Gasteiger partial charge in [-0.3, -0.25) is 9.67 Å². The number of likely N-dealkylation sites (N-methyl/N-ethyl adjacent to an activating group) is 1. The number of hydrogen-bond donors (Lipinski definition) is 1. The molecular formula is C15H23N5. The Hall–Kier alpha value is -1.75. The molecule has 0 radical (unpaired) electrons. The monoisotopic (exact) mass is 273 g/mol. The Balaban J connectivity index is 2.18. The lowest BCUT2D eigenvalue weighted by molar-refractivity contribution is 0.491. The van der Waals surface area contributed by atoms with E-state index in [0.717, 1.165) is 37.4 Å². The Morgan fingerprint density at radius 3 is 2.85 bits per heavy atom. The summed E-state index contributed by atoms with van der Waals surface area (Å²) < 4.78 is 1.99. The Bertz CT molecular complexity index is 535. The molecule has 0 aromatic carbocycles. The van der Waals surface area contributed by atoms with Crippen LogP contribution in [0.2, 0.25) is 0 Å². The SMILES string of the molecule is CCCn1ncnc1CC(NCC)c1cc(C)ccn1. The van der Waals surface area contributed by atoms with Gasteiger partial charge >= 0.3 is 0 Å². The van der Waals surface area contributed by atoms with E-state index in [1.165, 1.54) is 5.56 Å². The Labute approximate surface area is 120 Å². The molecule has 5 heteroatoms. The summed E-state index contributed by atoms with van der Waals surface area (Å²) in [6.45, 7) is 8.17. The van der Waals surface area contributed by atoms with E-state index in [-0.39, 0.29) is 6.04 Å². The van der Waals surface area contributed by atoms with Crippen LogP contribution in [0, 0.1) is 6.92 Å². The number of nitrogens with one attached hydrogen (secondary N) is 1. The van der Waals surface area contributed by atoms with Crippen LogP contribution in [-0.2, 0) is 13.0 Å². The van der Waals surface area contributed by atoms with Gasteiger partial charge in [0.2, 0.25) is 0 Å². The van der Waals surface area contributed by atoms with Gasteiger partial charge in [0, 0.05) is 19.2 Å². The van der Waals surface area contributed by atoms with Gasteiger partial charge in [-0.1, -0.05) is 13.8 Å². The van der Waals surface area contributed by atoms with Crippen LogP contribution in [0.15, 0.2) is 24.7 Å². The first kappa shape index (κ1) is 14.7. The Morgan fingerprint density at radius 2 is 2.15 bits per heavy atom. The highest BCUT2D eigenvalue weighted by Crippen LogP contribution is 2.16. The van der Waals surface area contributed by atoms with Gasteiger partial charge in [0.1, 0.15) is 12.2 Å².